The van der Waals surface area contributed by atoms with E-state index in [9.17, 15) is 9.90 Å². The molecule has 10 nitrogen and oxygen atoms in total. The third kappa shape index (κ3) is 3.60. The molecule has 0 radical (unpaired) electrons. The second-order valence-electron chi connectivity index (χ2n) is 8.15. The first-order valence-electron chi connectivity index (χ1n) is 10.7. The molecule has 1 N–H and O–H groups in total. The van der Waals surface area contributed by atoms with Crippen LogP contribution in [0.5, 0.6) is 5.88 Å². The van der Waals surface area contributed by atoms with Crippen LogP contribution in [-0.4, -0.2) is 71.2 Å². The fourth-order valence-corrected chi connectivity index (χ4v) is 4.20. The van der Waals surface area contributed by atoms with E-state index in [2.05, 4.69) is 19.9 Å². The van der Waals surface area contributed by atoms with Gasteiger partial charge in [0.05, 0.1) is 12.1 Å². The topological polar surface area (TPSA) is 119 Å². The van der Waals surface area contributed by atoms with Gasteiger partial charge < -0.3 is 19.3 Å². The maximum Gasteiger partial charge on any atom is 0.245 e. The number of likely N-dealkylation sites (tertiary alicyclic amines) is 1. The lowest BCUT2D eigenvalue weighted by atomic mass is 10.3. The molecule has 3 unspecified atom stereocenters. The average molecular weight is 423 g/mol. The molecule has 3 atom stereocenters. The summed E-state index contributed by atoms with van der Waals surface area (Å²) in [4.78, 5) is 36.5. The van der Waals surface area contributed by atoms with Gasteiger partial charge in [-0.25, -0.2) is 19.9 Å². The highest BCUT2D eigenvalue weighted by atomic mass is 16.5. The van der Waals surface area contributed by atoms with Gasteiger partial charge in [-0.15, -0.1) is 0 Å². The lowest BCUT2D eigenvalue weighted by Gasteiger charge is -2.17. The van der Waals surface area contributed by atoms with Crippen molar-refractivity contribution in [3.63, 3.8) is 0 Å². The summed E-state index contributed by atoms with van der Waals surface area (Å²) in [5, 5.41) is 9.23. The predicted molar refractivity (Wildman–Crippen MR) is 111 cm³/mol. The maximum absolute atomic E-state index is 12.6. The largest absolute Gasteiger partial charge is 0.471 e. The molecule has 1 saturated heterocycles. The SMILES string of the molecule is CCn1c(-c2cnc(C)nc2)nc2c(OC3CCN(C(=O)C4CC4CO)C3)ncnc21. The summed E-state index contributed by atoms with van der Waals surface area (Å²) >= 11 is 0. The van der Waals surface area contributed by atoms with E-state index in [-0.39, 0.29) is 30.5 Å². The zero-order valence-electron chi connectivity index (χ0n) is 17.6. The molecule has 1 aliphatic carbocycles. The fourth-order valence-electron chi connectivity index (χ4n) is 4.20. The maximum atomic E-state index is 12.6. The number of carbonyl (C=O) groups is 1. The highest BCUT2D eigenvalue weighted by Gasteiger charge is 2.45. The Balaban J connectivity index is 1.38. The van der Waals surface area contributed by atoms with Crippen LogP contribution in [0.3, 0.4) is 0 Å². The number of carbonyl (C=O) groups excluding carboxylic acids is 1. The van der Waals surface area contributed by atoms with Crippen molar-refractivity contribution in [3.05, 3.63) is 24.5 Å². The van der Waals surface area contributed by atoms with Gasteiger partial charge in [-0.05, 0) is 26.2 Å². The van der Waals surface area contributed by atoms with Gasteiger partial charge in [-0.3, -0.25) is 4.79 Å². The van der Waals surface area contributed by atoms with Crippen molar-refractivity contribution in [2.75, 3.05) is 19.7 Å². The Morgan fingerprint density at radius 3 is 2.77 bits per heavy atom. The van der Waals surface area contributed by atoms with Crippen LogP contribution in [0, 0.1) is 18.8 Å². The molecule has 10 heteroatoms. The molecule has 1 saturated carbocycles. The van der Waals surface area contributed by atoms with E-state index in [0.717, 1.165) is 24.2 Å². The molecule has 0 spiro atoms. The molecule has 5 rings (SSSR count). The number of nitrogens with zero attached hydrogens (tertiary/aromatic N) is 7. The number of hydrogen-bond acceptors (Lipinski definition) is 8. The fraction of sp³-hybridized carbons (Fsp3) is 0.524. The van der Waals surface area contributed by atoms with Gasteiger partial charge in [0.2, 0.25) is 11.8 Å². The molecule has 3 aromatic rings. The molecule has 3 aromatic heterocycles. The molecular weight excluding hydrogens is 398 g/mol. The molecule has 1 aliphatic heterocycles. The Morgan fingerprint density at radius 1 is 1.26 bits per heavy atom. The van der Waals surface area contributed by atoms with Gasteiger partial charge in [0.15, 0.2) is 11.2 Å². The van der Waals surface area contributed by atoms with Crippen LogP contribution < -0.4 is 4.74 Å². The van der Waals surface area contributed by atoms with E-state index >= 15 is 0 Å². The lowest BCUT2D eigenvalue weighted by Crippen LogP contribution is -2.32. The monoisotopic (exact) mass is 423 g/mol. The van der Waals surface area contributed by atoms with Gasteiger partial charge in [0, 0.05) is 44.4 Å². The lowest BCUT2D eigenvalue weighted by molar-refractivity contribution is -0.132. The summed E-state index contributed by atoms with van der Waals surface area (Å²) in [6.07, 6.45) is 6.36. The number of amides is 1. The van der Waals surface area contributed by atoms with Gasteiger partial charge in [0.25, 0.3) is 0 Å². The van der Waals surface area contributed by atoms with E-state index in [0.29, 0.717) is 42.5 Å². The van der Waals surface area contributed by atoms with Crippen LogP contribution in [0.4, 0.5) is 0 Å². The minimum atomic E-state index is -0.147. The van der Waals surface area contributed by atoms with E-state index in [1.807, 2.05) is 23.3 Å². The second kappa shape index (κ2) is 7.84. The molecule has 4 heterocycles. The van der Waals surface area contributed by atoms with Crippen molar-refractivity contribution in [2.24, 2.45) is 11.8 Å². The summed E-state index contributed by atoms with van der Waals surface area (Å²) in [7, 11) is 0. The van der Waals surface area contributed by atoms with Gasteiger partial charge in [-0.2, -0.15) is 4.98 Å². The van der Waals surface area contributed by atoms with Crippen molar-refractivity contribution in [1.29, 1.82) is 0 Å². The Labute approximate surface area is 179 Å². The van der Waals surface area contributed by atoms with Crippen LogP contribution in [-0.2, 0) is 11.3 Å². The first-order valence-corrected chi connectivity index (χ1v) is 10.7. The van der Waals surface area contributed by atoms with Crippen LogP contribution in [0.1, 0.15) is 25.6 Å². The number of aliphatic hydroxyl groups excluding tert-OH is 1. The standard InChI is InChI=1S/C21H25N7O3/c1-3-28-18(14-7-22-12(2)23-8-14)26-17-19(28)24-11-25-20(17)31-15-4-5-27(9-15)21(30)16-6-13(16)10-29/h7-8,11,13,15-16,29H,3-6,9-10H2,1-2H3. The number of ether oxygens (including phenoxy) is 1. The number of rotatable bonds is 6. The van der Waals surface area contributed by atoms with E-state index < -0.39 is 0 Å². The zero-order valence-corrected chi connectivity index (χ0v) is 17.6. The van der Waals surface area contributed by atoms with Crippen molar-refractivity contribution < 1.29 is 14.6 Å². The normalized spacial score (nSPS) is 22.8. The Morgan fingerprint density at radius 2 is 2.06 bits per heavy atom. The average Bonchev–Trinajstić information content (AvgIpc) is 3.26. The second-order valence-corrected chi connectivity index (χ2v) is 8.15. The summed E-state index contributed by atoms with van der Waals surface area (Å²) in [5.74, 6) is 2.05. The summed E-state index contributed by atoms with van der Waals surface area (Å²) in [6, 6.07) is 0. The van der Waals surface area contributed by atoms with Crippen molar-refractivity contribution in [1.82, 2.24) is 34.4 Å². The molecule has 2 aliphatic rings. The first kappa shape index (κ1) is 19.8. The van der Waals surface area contributed by atoms with E-state index in [1.165, 1.54) is 6.33 Å². The van der Waals surface area contributed by atoms with E-state index in [1.54, 1.807) is 12.4 Å². The smallest absolute Gasteiger partial charge is 0.245 e. The molecule has 31 heavy (non-hydrogen) atoms. The van der Waals surface area contributed by atoms with Crippen LogP contribution in [0.2, 0.25) is 0 Å². The number of fused-ring (bicyclic) bond motifs is 1. The van der Waals surface area contributed by atoms with Crippen molar-refractivity contribution in [3.8, 4) is 17.3 Å². The molecule has 2 fully saturated rings. The van der Waals surface area contributed by atoms with Gasteiger partial charge >= 0.3 is 0 Å². The van der Waals surface area contributed by atoms with Crippen molar-refractivity contribution >= 4 is 17.1 Å². The molecule has 162 valence electrons. The zero-order chi connectivity index (χ0) is 21.5. The van der Waals surface area contributed by atoms with Crippen LogP contribution in [0.25, 0.3) is 22.6 Å². The molecule has 0 bridgehead atoms. The number of aryl methyl sites for hydroxylation is 2. The number of hydrogen-bond donors (Lipinski definition) is 1. The van der Waals surface area contributed by atoms with Gasteiger partial charge in [0.1, 0.15) is 24.1 Å². The van der Waals surface area contributed by atoms with Gasteiger partial charge in [-0.1, -0.05) is 0 Å². The number of imidazole rings is 1. The molecule has 1 amide bonds. The quantitative estimate of drug-likeness (QED) is 0.629. The van der Waals surface area contributed by atoms with Crippen LogP contribution in [0.15, 0.2) is 18.7 Å². The minimum Gasteiger partial charge on any atom is -0.471 e. The Hall–Kier alpha value is -3.14. The molecular formula is C21H25N7O3. The highest BCUT2D eigenvalue weighted by molar-refractivity contribution is 5.82. The van der Waals surface area contributed by atoms with Crippen LogP contribution >= 0.6 is 0 Å². The summed E-state index contributed by atoms with van der Waals surface area (Å²) in [6.45, 7) is 5.80. The number of aromatic nitrogens is 6. The van der Waals surface area contributed by atoms with Crippen molar-refractivity contribution in [2.45, 2.75) is 39.3 Å². The summed E-state index contributed by atoms with van der Waals surface area (Å²) < 4.78 is 8.18. The van der Waals surface area contributed by atoms with E-state index in [4.69, 9.17) is 9.72 Å². The highest BCUT2D eigenvalue weighted by Crippen LogP contribution is 2.40. The summed E-state index contributed by atoms with van der Waals surface area (Å²) in [5.41, 5.74) is 2.09. The predicted octanol–water partition coefficient (Wildman–Crippen LogP) is 1.22. The number of aliphatic hydroxyl groups is 1. The molecule has 0 aromatic carbocycles. The Kier molecular flexibility index (Phi) is 5.01. The minimum absolute atomic E-state index is 0.0333. The Bertz CT molecular complexity index is 1110. The third-order valence-corrected chi connectivity index (χ3v) is 6.06. The first-order chi connectivity index (χ1) is 15.1. The third-order valence-electron chi connectivity index (χ3n) is 6.06.